The number of hydrogen-bond acceptors (Lipinski definition) is 5. The zero-order valence-electron chi connectivity index (χ0n) is 16.4. The lowest BCUT2D eigenvalue weighted by atomic mass is 10.0. The maximum atomic E-state index is 13.7. The predicted molar refractivity (Wildman–Crippen MR) is 121 cm³/mol. The second-order valence-corrected chi connectivity index (χ2v) is 8.36. The number of thiophene rings is 1. The molecule has 2 aromatic carbocycles. The molecule has 2 amide bonds. The number of carbonyl (C=O) groups excluding carboxylic acids is 2. The van der Waals surface area contributed by atoms with Crippen LogP contribution in [0.15, 0.2) is 63.8 Å². The predicted octanol–water partition coefficient (Wildman–Crippen LogP) is 4.65. The molecule has 1 aliphatic heterocycles. The molecule has 1 aromatic heterocycles. The Morgan fingerprint density at radius 1 is 1.03 bits per heavy atom. The maximum Gasteiger partial charge on any atom is 0.255 e. The van der Waals surface area contributed by atoms with Crippen molar-refractivity contribution in [2.75, 3.05) is 30.6 Å². The third kappa shape index (κ3) is 3.68. The Balaban J connectivity index is 1.81. The minimum Gasteiger partial charge on any atom is -0.497 e. The first-order valence-corrected chi connectivity index (χ1v) is 10.9. The Hall–Kier alpha value is -2.84. The third-order valence-corrected chi connectivity index (χ3v) is 6.19. The first-order valence-electron chi connectivity index (χ1n) is 9.16. The Bertz CT molecular complexity index is 1070. The molecule has 8 heteroatoms. The molecular formula is C22H19BrN2O4S. The van der Waals surface area contributed by atoms with Crippen molar-refractivity contribution >= 4 is 50.5 Å². The molecule has 0 N–H and O–H groups in total. The molecule has 0 bridgehead atoms. The molecule has 2 heterocycles. The summed E-state index contributed by atoms with van der Waals surface area (Å²) in [6.07, 6.45) is 0. The summed E-state index contributed by atoms with van der Waals surface area (Å²) >= 11 is 4.90. The van der Waals surface area contributed by atoms with Crippen LogP contribution in [0.3, 0.4) is 0 Å². The van der Waals surface area contributed by atoms with E-state index in [2.05, 4.69) is 15.9 Å². The van der Waals surface area contributed by atoms with Gasteiger partial charge in [-0.15, -0.1) is 0 Å². The molecule has 0 radical (unpaired) electrons. The molecule has 1 saturated heterocycles. The van der Waals surface area contributed by atoms with Gasteiger partial charge in [-0.3, -0.25) is 19.4 Å². The van der Waals surface area contributed by atoms with Crippen molar-refractivity contribution in [1.29, 1.82) is 0 Å². The van der Waals surface area contributed by atoms with Gasteiger partial charge in [0, 0.05) is 16.2 Å². The van der Waals surface area contributed by atoms with Crippen molar-refractivity contribution in [3.63, 3.8) is 0 Å². The highest BCUT2D eigenvalue weighted by Gasteiger charge is 2.42. The average Bonchev–Trinajstić information content (AvgIpc) is 3.29. The molecule has 1 atom stereocenters. The molecule has 1 fully saturated rings. The van der Waals surface area contributed by atoms with Crippen LogP contribution in [0.1, 0.15) is 11.6 Å². The summed E-state index contributed by atoms with van der Waals surface area (Å²) in [6.45, 7) is -0.0982. The summed E-state index contributed by atoms with van der Waals surface area (Å²) in [6, 6.07) is 13.7. The highest BCUT2D eigenvalue weighted by Crippen LogP contribution is 2.39. The highest BCUT2D eigenvalue weighted by atomic mass is 79.9. The van der Waals surface area contributed by atoms with E-state index < -0.39 is 6.04 Å². The van der Waals surface area contributed by atoms with E-state index in [1.165, 1.54) is 23.3 Å². The van der Waals surface area contributed by atoms with Crippen LogP contribution < -0.4 is 19.3 Å². The highest BCUT2D eigenvalue weighted by molar-refractivity contribution is 9.10. The number of rotatable bonds is 5. The summed E-state index contributed by atoms with van der Waals surface area (Å²) in [4.78, 5) is 30.1. The van der Waals surface area contributed by atoms with Crippen molar-refractivity contribution in [2.24, 2.45) is 0 Å². The van der Waals surface area contributed by atoms with E-state index in [0.29, 0.717) is 22.9 Å². The number of carbonyl (C=O) groups is 2. The summed E-state index contributed by atoms with van der Waals surface area (Å²) in [5.74, 6) is 0.687. The van der Waals surface area contributed by atoms with Crippen molar-refractivity contribution in [1.82, 2.24) is 0 Å². The maximum absolute atomic E-state index is 13.7. The second kappa shape index (κ2) is 8.49. The SMILES string of the molecule is COc1ccc(OC)c(N2CC(=O)N(c3ccc(Br)cc3)[C@H](c3ccsc3)C2=O)c1. The van der Waals surface area contributed by atoms with Crippen LogP contribution in [0.5, 0.6) is 11.5 Å². The van der Waals surface area contributed by atoms with E-state index in [4.69, 9.17) is 9.47 Å². The Morgan fingerprint density at radius 3 is 2.43 bits per heavy atom. The van der Waals surface area contributed by atoms with Gasteiger partial charge in [0.1, 0.15) is 24.1 Å². The fourth-order valence-electron chi connectivity index (χ4n) is 3.52. The lowest BCUT2D eigenvalue weighted by molar-refractivity contribution is -0.128. The van der Waals surface area contributed by atoms with Crippen LogP contribution in [0, 0.1) is 0 Å². The zero-order chi connectivity index (χ0) is 21.3. The number of halogens is 1. The lowest BCUT2D eigenvalue weighted by Gasteiger charge is -2.40. The second-order valence-electron chi connectivity index (χ2n) is 6.66. The number of anilines is 2. The number of hydrogen-bond donors (Lipinski definition) is 0. The molecule has 30 heavy (non-hydrogen) atoms. The van der Waals surface area contributed by atoms with Crippen LogP contribution in [0.25, 0.3) is 0 Å². The van der Waals surface area contributed by atoms with Gasteiger partial charge in [0.2, 0.25) is 5.91 Å². The van der Waals surface area contributed by atoms with E-state index in [0.717, 1.165) is 10.0 Å². The Labute approximate surface area is 186 Å². The Kier molecular flexibility index (Phi) is 5.78. The molecule has 1 aliphatic rings. The van der Waals surface area contributed by atoms with Crippen LogP contribution in [0.2, 0.25) is 0 Å². The number of benzene rings is 2. The zero-order valence-corrected chi connectivity index (χ0v) is 18.8. The topological polar surface area (TPSA) is 59.1 Å². The third-order valence-electron chi connectivity index (χ3n) is 4.96. The van der Waals surface area contributed by atoms with Crippen LogP contribution in [-0.4, -0.2) is 32.6 Å². The number of piperazine rings is 1. The van der Waals surface area contributed by atoms with E-state index >= 15 is 0 Å². The Morgan fingerprint density at radius 2 is 1.80 bits per heavy atom. The van der Waals surface area contributed by atoms with Gasteiger partial charge in [0.25, 0.3) is 5.91 Å². The van der Waals surface area contributed by atoms with Crippen LogP contribution >= 0.6 is 27.3 Å². The van der Waals surface area contributed by atoms with Gasteiger partial charge in [-0.1, -0.05) is 15.9 Å². The van der Waals surface area contributed by atoms with Crippen LogP contribution in [0.4, 0.5) is 11.4 Å². The van der Waals surface area contributed by atoms with Gasteiger partial charge in [-0.05, 0) is 58.8 Å². The normalized spacial score (nSPS) is 16.7. The molecule has 0 spiro atoms. The van der Waals surface area contributed by atoms with Gasteiger partial charge >= 0.3 is 0 Å². The van der Waals surface area contributed by atoms with Crippen molar-refractivity contribution in [3.8, 4) is 11.5 Å². The van der Waals surface area contributed by atoms with Gasteiger partial charge in [0.05, 0.1) is 19.9 Å². The van der Waals surface area contributed by atoms with Crippen molar-refractivity contribution < 1.29 is 19.1 Å². The number of nitrogens with zero attached hydrogens (tertiary/aromatic N) is 2. The summed E-state index contributed by atoms with van der Waals surface area (Å²) in [5.41, 5.74) is 1.95. The smallest absolute Gasteiger partial charge is 0.255 e. The molecule has 6 nitrogen and oxygen atoms in total. The van der Waals surface area contributed by atoms with E-state index in [1.807, 2.05) is 41.1 Å². The first-order chi connectivity index (χ1) is 14.5. The van der Waals surface area contributed by atoms with Gasteiger partial charge < -0.3 is 9.47 Å². The van der Waals surface area contributed by atoms with Gasteiger partial charge in [-0.2, -0.15) is 11.3 Å². The molecule has 0 saturated carbocycles. The molecule has 4 rings (SSSR count). The first kappa shape index (κ1) is 20.4. The number of ether oxygens (including phenoxy) is 2. The number of amides is 2. The standard InChI is InChI=1S/C22H19BrN2O4S/c1-28-17-7-8-19(29-2)18(11-17)24-12-20(26)25(16-5-3-15(23)4-6-16)21(22(24)27)14-9-10-30-13-14/h3-11,13,21H,12H2,1-2H3/t21-/m1/s1. The van der Waals surface area contributed by atoms with Crippen molar-refractivity contribution in [2.45, 2.75) is 6.04 Å². The largest absolute Gasteiger partial charge is 0.497 e. The van der Waals surface area contributed by atoms with Gasteiger partial charge in [-0.25, -0.2) is 0 Å². The van der Waals surface area contributed by atoms with E-state index in [1.54, 1.807) is 30.2 Å². The molecule has 154 valence electrons. The van der Waals surface area contributed by atoms with E-state index in [9.17, 15) is 9.59 Å². The minimum absolute atomic E-state index is 0.0982. The molecule has 3 aromatic rings. The quantitative estimate of drug-likeness (QED) is 0.526. The minimum atomic E-state index is -0.769. The van der Waals surface area contributed by atoms with Crippen molar-refractivity contribution in [3.05, 3.63) is 69.3 Å². The fraction of sp³-hybridized carbons (Fsp3) is 0.182. The molecule has 0 unspecified atom stereocenters. The van der Waals surface area contributed by atoms with Crippen LogP contribution in [-0.2, 0) is 9.59 Å². The molecular weight excluding hydrogens is 468 g/mol. The lowest BCUT2D eigenvalue weighted by Crippen LogP contribution is -2.56. The van der Waals surface area contributed by atoms with Gasteiger partial charge in [0.15, 0.2) is 0 Å². The van der Waals surface area contributed by atoms with E-state index in [-0.39, 0.29) is 18.4 Å². The fourth-order valence-corrected chi connectivity index (χ4v) is 4.46. The molecule has 0 aliphatic carbocycles. The number of methoxy groups -OCH3 is 2. The average molecular weight is 487 g/mol. The monoisotopic (exact) mass is 486 g/mol. The summed E-state index contributed by atoms with van der Waals surface area (Å²) in [5, 5.41) is 3.80. The summed E-state index contributed by atoms with van der Waals surface area (Å²) in [7, 11) is 3.09. The summed E-state index contributed by atoms with van der Waals surface area (Å²) < 4.78 is 11.7.